The molecule has 0 saturated carbocycles. The number of benzene rings is 3. The molecule has 1 unspecified atom stereocenters. The number of nitrogens with zero attached hydrogens (tertiary/aromatic N) is 3. The van der Waals surface area contributed by atoms with Crippen LogP contribution in [0.1, 0.15) is 28.8 Å². The number of hydrogen-bond donors (Lipinski definition) is 2. The van der Waals surface area contributed by atoms with E-state index in [1.165, 1.54) is 24.4 Å². The molecule has 3 aromatic carbocycles. The molecule has 4 aliphatic rings. The summed E-state index contributed by atoms with van der Waals surface area (Å²) in [6.07, 6.45) is 3.31. The molecule has 11 heteroatoms. The summed E-state index contributed by atoms with van der Waals surface area (Å²) >= 11 is 0. The van der Waals surface area contributed by atoms with Crippen molar-refractivity contribution < 1.29 is 23.9 Å². The lowest BCUT2D eigenvalue weighted by molar-refractivity contribution is -0.384. The molecule has 4 aliphatic heterocycles. The first-order chi connectivity index (χ1) is 19.5. The van der Waals surface area contributed by atoms with Crippen LogP contribution in [-0.4, -0.2) is 40.1 Å². The monoisotopic (exact) mass is 539 g/mol. The highest BCUT2D eigenvalue weighted by Gasteiger charge is 2.21. The minimum Gasteiger partial charge on any atom is -0.489 e. The maximum Gasteiger partial charge on any atom is 0.279 e. The van der Waals surface area contributed by atoms with Crippen molar-refractivity contribution in [3.63, 3.8) is 0 Å². The van der Waals surface area contributed by atoms with Gasteiger partial charge in [0.1, 0.15) is 24.2 Å². The molecule has 5 heterocycles. The molecule has 202 valence electrons. The van der Waals surface area contributed by atoms with E-state index < -0.39 is 10.8 Å². The fraction of sp³-hybridized carbons (Fsp3) is 0.207. The number of rotatable bonds is 3. The minimum absolute atomic E-state index is 0.0503. The topological polar surface area (TPSA) is 138 Å². The number of hydrogen-bond acceptors (Lipinski definition) is 9. The van der Waals surface area contributed by atoms with Crippen LogP contribution in [0.4, 0.5) is 23.0 Å². The van der Waals surface area contributed by atoms with Crippen molar-refractivity contribution >= 4 is 28.9 Å². The number of amides is 1. The van der Waals surface area contributed by atoms with Crippen molar-refractivity contribution in [2.45, 2.75) is 25.6 Å². The van der Waals surface area contributed by atoms with Gasteiger partial charge in [0.25, 0.3) is 11.6 Å². The van der Waals surface area contributed by atoms with E-state index in [9.17, 15) is 14.9 Å². The number of nitro benzene ring substituents is 1. The second-order valence-electron chi connectivity index (χ2n) is 9.43. The zero-order chi connectivity index (χ0) is 27.5. The number of carbonyl (C=O) groups is 1. The predicted octanol–water partition coefficient (Wildman–Crippen LogP) is 5.50. The van der Waals surface area contributed by atoms with Gasteiger partial charge in [-0.15, -0.1) is 0 Å². The highest BCUT2D eigenvalue weighted by molar-refractivity contribution is 6.05. The van der Waals surface area contributed by atoms with Gasteiger partial charge in [-0.2, -0.15) is 0 Å². The molecule has 40 heavy (non-hydrogen) atoms. The molecule has 1 atom stereocenters. The normalized spacial score (nSPS) is 16.5. The van der Waals surface area contributed by atoms with E-state index in [0.717, 1.165) is 25.0 Å². The van der Waals surface area contributed by atoms with Crippen LogP contribution < -0.4 is 20.1 Å². The highest BCUT2D eigenvalue weighted by Crippen LogP contribution is 2.32. The van der Waals surface area contributed by atoms with Crippen molar-refractivity contribution in [2.24, 2.45) is 0 Å². The average Bonchev–Trinajstić information content (AvgIpc) is 2.98. The zero-order valence-corrected chi connectivity index (χ0v) is 21.3. The second kappa shape index (κ2) is 11.0. The molecule has 4 aromatic rings. The maximum atomic E-state index is 12.9. The quantitative estimate of drug-likeness (QED) is 0.255. The van der Waals surface area contributed by atoms with E-state index >= 15 is 0 Å². The fourth-order valence-corrected chi connectivity index (χ4v) is 4.61. The lowest BCUT2D eigenvalue weighted by Gasteiger charge is -2.25. The number of ether oxygens (including phenoxy) is 3. The maximum absolute atomic E-state index is 12.9. The molecule has 11 nitrogen and oxygen atoms in total. The van der Waals surface area contributed by atoms with Crippen molar-refractivity contribution in [2.75, 3.05) is 23.8 Å². The number of carbonyl (C=O) groups excluding carboxylic acids is 1. The molecule has 1 fully saturated rings. The first kappa shape index (κ1) is 25.3. The average molecular weight is 540 g/mol. The standard InChI is InChI=1S/C29H25N5O6/c35-28-18-3-9-24(26(15-18)34(36)37)25-11-12-30-29(33-25)32-21-6-10-27(40-23-2-1-13-38-17-23)19(14-21)16-39-22-7-4-20(31-28)5-8-22/h3-12,14-15,23H,1-2,13,16-17H2,(H,31,35)(H,30,32,33). The summed E-state index contributed by atoms with van der Waals surface area (Å²) in [6, 6.07) is 18.4. The van der Waals surface area contributed by atoms with Gasteiger partial charge in [-0.05, 0) is 73.5 Å². The molecule has 8 rings (SSSR count). The molecule has 0 spiro atoms. The van der Waals surface area contributed by atoms with Crippen LogP contribution in [0, 0.1) is 10.1 Å². The Morgan fingerprint density at radius 2 is 1.85 bits per heavy atom. The Balaban J connectivity index is 1.41. The molecule has 2 N–H and O–H groups in total. The smallest absolute Gasteiger partial charge is 0.279 e. The van der Waals surface area contributed by atoms with Gasteiger partial charge >= 0.3 is 0 Å². The van der Waals surface area contributed by atoms with Crippen molar-refractivity contribution in [1.29, 1.82) is 0 Å². The molecule has 0 radical (unpaired) electrons. The minimum atomic E-state index is -0.529. The van der Waals surface area contributed by atoms with Gasteiger partial charge in [-0.3, -0.25) is 14.9 Å². The largest absolute Gasteiger partial charge is 0.489 e. The van der Waals surface area contributed by atoms with Crippen LogP contribution in [-0.2, 0) is 11.3 Å². The van der Waals surface area contributed by atoms with Gasteiger partial charge in [-0.25, -0.2) is 9.97 Å². The Kier molecular flexibility index (Phi) is 6.94. The number of nitro groups is 1. The van der Waals surface area contributed by atoms with Crippen LogP contribution in [0.5, 0.6) is 11.5 Å². The van der Waals surface area contributed by atoms with Crippen molar-refractivity contribution in [1.82, 2.24) is 9.97 Å². The molecule has 1 amide bonds. The second-order valence-corrected chi connectivity index (χ2v) is 9.43. The Morgan fingerprint density at radius 3 is 2.65 bits per heavy atom. The molecule has 8 bridgehead atoms. The molecule has 1 aromatic heterocycles. The highest BCUT2D eigenvalue weighted by atomic mass is 16.6. The summed E-state index contributed by atoms with van der Waals surface area (Å²) in [7, 11) is 0. The van der Waals surface area contributed by atoms with E-state index in [0.29, 0.717) is 35.2 Å². The summed E-state index contributed by atoms with van der Waals surface area (Å²) in [5.74, 6) is 1.05. The Bertz CT molecular complexity index is 1570. The fourth-order valence-electron chi connectivity index (χ4n) is 4.61. The SMILES string of the molecule is O=C1Nc2ccc(cc2)OCc2cc(ccc2OC2CCCOC2)Nc2nccc(n2)-c2ccc1cc2[N+](=O)[O-]. The van der Waals surface area contributed by atoms with Gasteiger partial charge in [0.2, 0.25) is 5.95 Å². The van der Waals surface area contributed by atoms with Crippen molar-refractivity contribution in [3.8, 4) is 22.8 Å². The van der Waals surface area contributed by atoms with E-state index in [4.69, 9.17) is 14.2 Å². The van der Waals surface area contributed by atoms with Gasteiger partial charge in [-0.1, -0.05) is 0 Å². The van der Waals surface area contributed by atoms with Crippen LogP contribution in [0.2, 0.25) is 0 Å². The summed E-state index contributed by atoms with van der Waals surface area (Å²) in [5, 5.41) is 17.9. The third kappa shape index (κ3) is 5.54. The van der Waals surface area contributed by atoms with Gasteiger partial charge in [0, 0.05) is 41.4 Å². The number of aromatic nitrogens is 2. The van der Waals surface area contributed by atoms with Gasteiger partial charge < -0.3 is 24.8 Å². The van der Waals surface area contributed by atoms with E-state index in [1.807, 2.05) is 18.2 Å². The van der Waals surface area contributed by atoms with E-state index in [1.54, 1.807) is 30.3 Å². The molecule has 0 aliphatic carbocycles. The Morgan fingerprint density at radius 1 is 1.00 bits per heavy atom. The van der Waals surface area contributed by atoms with Gasteiger partial charge in [0.15, 0.2) is 0 Å². The van der Waals surface area contributed by atoms with Crippen LogP contribution in [0.3, 0.4) is 0 Å². The lowest BCUT2D eigenvalue weighted by atomic mass is 10.1. The van der Waals surface area contributed by atoms with Gasteiger partial charge in [0.05, 0.1) is 22.8 Å². The first-order valence-electron chi connectivity index (χ1n) is 12.8. The Hall–Kier alpha value is -5.03. The van der Waals surface area contributed by atoms with Crippen LogP contribution >= 0.6 is 0 Å². The Labute approximate surface area is 229 Å². The molecule has 1 saturated heterocycles. The van der Waals surface area contributed by atoms with Crippen LogP contribution in [0.15, 0.2) is 72.9 Å². The summed E-state index contributed by atoms with van der Waals surface area (Å²) in [5.41, 5.74) is 2.52. The number of fused-ring (bicyclic) bond motifs is 2. The molecular weight excluding hydrogens is 514 g/mol. The lowest BCUT2D eigenvalue weighted by Crippen LogP contribution is -2.28. The summed E-state index contributed by atoms with van der Waals surface area (Å²) in [6.45, 7) is 1.49. The first-order valence-corrected chi connectivity index (χ1v) is 12.8. The number of nitrogens with one attached hydrogen (secondary N) is 2. The van der Waals surface area contributed by atoms with Crippen LogP contribution in [0.25, 0.3) is 11.3 Å². The van der Waals surface area contributed by atoms with E-state index in [-0.39, 0.29) is 35.5 Å². The summed E-state index contributed by atoms with van der Waals surface area (Å²) in [4.78, 5) is 33.1. The predicted molar refractivity (Wildman–Crippen MR) is 147 cm³/mol. The third-order valence-electron chi connectivity index (χ3n) is 6.62. The zero-order valence-electron chi connectivity index (χ0n) is 21.3. The number of anilines is 3. The molecular formula is C29H25N5O6. The third-order valence-corrected chi connectivity index (χ3v) is 6.62. The summed E-state index contributed by atoms with van der Waals surface area (Å²) < 4.78 is 17.9. The van der Waals surface area contributed by atoms with Crippen molar-refractivity contribution in [3.05, 3.63) is 94.2 Å². The van der Waals surface area contributed by atoms with E-state index in [2.05, 4.69) is 20.6 Å².